The van der Waals surface area contributed by atoms with E-state index in [0.29, 0.717) is 17.9 Å². The van der Waals surface area contributed by atoms with Crippen molar-refractivity contribution in [3.63, 3.8) is 0 Å². The van der Waals surface area contributed by atoms with Crippen LogP contribution < -0.4 is 0 Å². The summed E-state index contributed by atoms with van der Waals surface area (Å²) in [6.45, 7) is 3.77. The van der Waals surface area contributed by atoms with Crippen molar-refractivity contribution in [3.8, 4) is 0 Å². The maximum absolute atomic E-state index is 5.65. The molecule has 0 spiro atoms. The molecule has 1 rings (SSSR count). The van der Waals surface area contributed by atoms with E-state index in [1.54, 1.807) is 0 Å². The van der Waals surface area contributed by atoms with E-state index in [4.69, 9.17) is 27.9 Å². The van der Waals surface area contributed by atoms with Gasteiger partial charge in [-0.15, -0.1) is 23.2 Å². The number of rotatable bonds is 4. The quantitative estimate of drug-likeness (QED) is 0.655. The summed E-state index contributed by atoms with van der Waals surface area (Å²) >= 11 is 11.3. The zero-order valence-electron chi connectivity index (χ0n) is 7.14. The molecule has 2 nitrogen and oxygen atoms in total. The van der Waals surface area contributed by atoms with Crippen LogP contribution in [0.15, 0.2) is 0 Å². The molecule has 1 saturated heterocycles. The van der Waals surface area contributed by atoms with E-state index in [2.05, 4.69) is 4.90 Å². The molecule has 4 heteroatoms. The van der Waals surface area contributed by atoms with Crippen molar-refractivity contribution in [3.05, 3.63) is 0 Å². The van der Waals surface area contributed by atoms with Gasteiger partial charge in [0.2, 0.25) is 0 Å². The number of morpholine rings is 1. The lowest BCUT2D eigenvalue weighted by atomic mass is 10.2. The third-order valence-electron chi connectivity index (χ3n) is 2.05. The molecule has 1 aliphatic rings. The minimum absolute atomic E-state index is 0.319. The molecule has 0 aromatic rings. The molecule has 1 heterocycles. The highest BCUT2D eigenvalue weighted by atomic mass is 35.5. The standard InChI is InChI=1S/C8H15Cl2NO/c9-2-1-8-7-11(4-3-10)5-6-12-8/h8H,1-7H2. The Morgan fingerprint density at radius 2 is 2.17 bits per heavy atom. The molecule has 0 amide bonds. The summed E-state index contributed by atoms with van der Waals surface area (Å²) in [7, 11) is 0. The Bertz CT molecular complexity index is 108. The first-order valence-electron chi connectivity index (χ1n) is 4.32. The number of alkyl halides is 2. The van der Waals surface area contributed by atoms with E-state index in [9.17, 15) is 0 Å². The zero-order chi connectivity index (χ0) is 8.81. The van der Waals surface area contributed by atoms with E-state index in [0.717, 1.165) is 32.7 Å². The minimum Gasteiger partial charge on any atom is -0.376 e. The highest BCUT2D eigenvalue weighted by molar-refractivity contribution is 6.18. The first-order chi connectivity index (χ1) is 5.86. The van der Waals surface area contributed by atoms with Crippen LogP contribution in [0.5, 0.6) is 0 Å². The minimum atomic E-state index is 0.319. The van der Waals surface area contributed by atoms with Gasteiger partial charge < -0.3 is 4.74 Å². The van der Waals surface area contributed by atoms with Crippen molar-refractivity contribution < 1.29 is 4.74 Å². The average molecular weight is 212 g/mol. The van der Waals surface area contributed by atoms with Gasteiger partial charge >= 0.3 is 0 Å². The van der Waals surface area contributed by atoms with Gasteiger partial charge in [-0.25, -0.2) is 0 Å². The van der Waals surface area contributed by atoms with Gasteiger partial charge in [-0.3, -0.25) is 4.90 Å². The first-order valence-corrected chi connectivity index (χ1v) is 5.39. The second-order valence-electron chi connectivity index (χ2n) is 2.96. The smallest absolute Gasteiger partial charge is 0.0714 e. The fourth-order valence-electron chi connectivity index (χ4n) is 1.40. The largest absolute Gasteiger partial charge is 0.376 e. The number of halogens is 2. The number of hydrogen-bond acceptors (Lipinski definition) is 2. The molecule has 0 bridgehead atoms. The van der Waals surface area contributed by atoms with Gasteiger partial charge in [0.25, 0.3) is 0 Å². The van der Waals surface area contributed by atoms with Gasteiger partial charge in [-0.1, -0.05) is 0 Å². The maximum Gasteiger partial charge on any atom is 0.0714 e. The van der Waals surface area contributed by atoms with Gasteiger partial charge in [0.05, 0.1) is 12.7 Å². The number of ether oxygens (including phenoxy) is 1. The van der Waals surface area contributed by atoms with Crippen molar-refractivity contribution in [2.45, 2.75) is 12.5 Å². The van der Waals surface area contributed by atoms with Crippen LogP contribution in [-0.4, -0.2) is 49.0 Å². The van der Waals surface area contributed by atoms with Crippen molar-refractivity contribution in [1.82, 2.24) is 4.90 Å². The summed E-state index contributed by atoms with van der Waals surface area (Å²) in [6.07, 6.45) is 1.26. The molecule has 0 radical (unpaired) electrons. The molecule has 0 aromatic carbocycles. The fourth-order valence-corrected chi connectivity index (χ4v) is 1.88. The Balaban J connectivity index is 2.20. The molecule has 0 aromatic heterocycles. The fraction of sp³-hybridized carbons (Fsp3) is 1.00. The Morgan fingerprint density at radius 1 is 1.33 bits per heavy atom. The Morgan fingerprint density at radius 3 is 2.83 bits per heavy atom. The molecular weight excluding hydrogens is 197 g/mol. The van der Waals surface area contributed by atoms with Gasteiger partial charge in [0.15, 0.2) is 0 Å². The van der Waals surface area contributed by atoms with E-state index in [-0.39, 0.29) is 0 Å². The predicted molar refractivity (Wildman–Crippen MR) is 52.2 cm³/mol. The van der Waals surface area contributed by atoms with Crippen LogP contribution in [0.1, 0.15) is 6.42 Å². The normalized spacial score (nSPS) is 26.0. The molecule has 1 unspecified atom stereocenters. The summed E-state index contributed by atoms with van der Waals surface area (Å²) in [5.74, 6) is 1.38. The second kappa shape index (κ2) is 6.03. The lowest BCUT2D eigenvalue weighted by molar-refractivity contribution is -0.0271. The number of hydrogen-bond donors (Lipinski definition) is 0. The van der Waals surface area contributed by atoms with Gasteiger partial charge in [0, 0.05) is 31.4 Å². The van der Waals surface area contributed by atoms with Crippen LogP contribution >= 0.6 is 23.2 Å². The summed E-state index contributed by atoms with van der Waals surface area (Å²) in [4.78, 5) is 2.33. The lowest BCUT2D eigenvalue weighted by Crippen LogP contribution is -2.43. The van der Waals surface area contributed by atoms with Crippen molar-refractivity contribution >= 4 is 23.2 Å². The molecule has 0 saturated carbocycles. The lowest BCUT2D eigenvalue weighted by Gasteiger charge is -2.32. The van der Waals surface area contributed by atoms with Crippen LogP contribution in [0.25, 0.3) is 0 Å². The van der Waals surface area contributed by atoms with E-state index in [1.807, 2.05) is 0 Å². The van der Waals surface area contributed by atoms with Crippen LogP contribution in [0.4, 0.5) is 0 Å². The first kappa shape index (κ1) is 10.6. The monoisotopic (exact) mass is 211 g/mol. The molecule has 72 valence electrons. The average Bonchev–Trinajstić information content (AvgIpc) is 2.06. The summed E-state index contributed by atoms with van der Waals surface area (Å²) in [6, 6.07) is 0. The van der Waals surface area contributed by atoms with E-state index >= 15 is 0 Å². The third kappa shape index (κ3) is 3.48. The zero-order valence-corrected chi connectivity index (χ0v) is 8.65. The van der Waals surface area contributed by atoms with E-state index in [1.165, 1.54) is 0 Å². The van der Waals surface area contributed by atoms with Crippen molar-refractivity contribution in [2.24, 2.45) is 0 Å². The molecule has 0 N–H and O–H groups in total. The van der Waals surface area contributed by atoms with E-state index < -0.39 is 0 Å². The van der Waals surface area contributed by atoms with Crippen molar-refractivity contribution in [1.29, 1.82) is 0 Å². The molecule has 1 fully saturated rings. The summed E-state index contributed by atoms with van der Waals surface area (Å²) in [5, 5.41) is 0. The highest BCUT2D eigenvalue weighted by Gasteiger charge is 2.18. The Kier molecular flexibility index (Phi) is 5.32. The van der Waals surface area contributed by atoms with Gasteiger partial charge in [0.1, 0.15) is 0 Å². The highest BCUT2D eigenvalue weighted by Crippen LogP contribution is 2.08. The van der Waals surface area contributed by atoms with Crippen LogP contribution in [0, 0.1) is 0 Å². The van der Waals surface area contributed by atoms with Gasteiger partial charge in [-0.05, 0) is 6.42 Å². The summed E-state index contributed by atoms with van der Waals surface area (Å²) in [5.41, 5.74) is 0. The molecule has 1 aliphatic heterocycles. The van der Waals surface area contributed by atoms with Gasteiger partial charge in [-0.2, -0.15) is 0 Å². The number of nitrogens with zero attached hydrogens (tertiary/aromatic N) is 1. The molecule has 0 aliphatic carbocycles. The Labute approximate surface area is 83.8 Å². The SMILES string of the molecule is ClCCC1CN(CCCl)CCO1. The summed E-state index contributed by atoms with van der Waals surface area (Å²) < 4.78 is 5.53. The third-order valence-corrected chi connectivity index (χ3v) is 2.44. The maximum atomic E-state index is 5.65. The van der Waals surface area contributed by atoms with Crippen LogP contribution in [0.3, 0.4) is 0 Å². The van der Waals surface area contributed by atoms with Crippen molar-refractivity contribution in [2.75, 3.05) is 38.0 Å². The predicted octanol–water partition coefficient (Wildman–Crippen LogP) is 1.55. The molecular formula is C8H15Cl2NO. The molecule has 1 atom stereocenters. The van der Waals surface area contributed by atoms with Crippen LogP contribution in [-0.2, 0) is 4.74 Å². The van der Waals surface area contributed by atoms with Crippen LogP contribution in [0.2, 0.25) is 0 Å². The Hall–Kier alpha value is 0.500. The second-order valence-corrected chi connectivity index (χ2v) is 3.72. The molecule has 12 heavy (non-hydrogen) atoms. The topological polar surface area (TPSA) is 12.5 Å².